The summed E-state index contributed by atoms with van der Waals surface area (Å²) in [5.41, 5.74) is 0.922. The fraction of sp³-hybridized carbons (Fsp3) is 0.312. The van der Waals surface area contributed by atoms with Crippen LogP contribution in [0.5, 0.6) is 11.5 Å². The Labute approximate surface area is 142 Å². The number of anilines is 1. The molecule has 1 aromatic carbocycles. The normalized spacial score (nSPS) is 10.8. The zero-order chi connectivity index (χ0) is 16.9. The van der Waals surface area contributed by atoms with Gasteiger partial charge in [-0.25, -0.2) is 4.98 Å². The molecule has 3 aromatic rings. The van der Waals surface area contributed by atoms with Gasteiger partial charge in [0.25, 0.3) is 5.56 Å². The monoisotopic (exact) mass is 346 g/mol. The van der Waals surface area contributed by atoms with E-state index in [1.165, 1.54) is 28.1 Å². The molecule has 0 bridgehead atoms. The Morgan fingerprint density at radius 2 is 2.12 bits per heavy atom. The summed E-state index contributed by atoms with van der Waals surface area (Å²) in [5, 5.41) is 8.14. The summed E-state index contributed by atoms with van der Waals surface area (Å²) in [6.45, 7) is 0.731. The highest BCUT2D eigenvalue weighted by molar-refractivity contribution is 7.20. The largest absolute Gasteiger partial charge is 0.497 e. The number of rotatable bonds is 7. The third-order valence-corrected chi connectivity index (χ3v) is 4.44. The second kappa shape index (κ2) is 7.31. The number of hydrogen-bond donors (Lipinski definition) is 1. The molecule has 0 unspecified atom stereocenters. The highest BCUT2D eigenvalue weighted by atomic mass is 32.1. The molecule has 2 heterocycles. The summed E-state index contributed by atoms with van der Waals surface area (Å²) >= 11 is 1.36. The van der Waals surface area contributed by atoms with Crippen molar-refractivity contribution in [2.24, 2.45) is 0 Å². The summed E-state index contributed by atoms with van der Waals surface area (Å²) in [7, 11) is 3.31. The number of aryl methyl sites for hydroxylation is 1. The molecule has 0 atom stereocenters. The van der Waals surface area contributed by atoms with Crippen LogP contribution in [0.25, 0.3) is 4.96 Å². The van der Waals surface area contributed by atoms with Gasteiger partial charge in [-0.3, -0.25) is 4.79 Å². The lowest BCUT2D eigenvalue weighted by Crippen LogP contribution is -2.13. The summed E-state index contributed by atoms with van der Waals surface area (Å²) < 4.78 is 11.9. The molecular formula is C16H18N4O3S. The molecule has 126 valence electrons. The molecule has 0 saturated carbocycles. The molecular weight excluding hydrogens is 328 g/mol. The fourth-order valence-corrected chi connectivity index (χ4v) is 3.17. The van der Waals surface area contributed by atoms with Crippen LogP contribution in [0.4, 0.5) is 5.13 Å². The Hall–Kier alpha value is -2.61. The van der Waals surface area contributed by atoms with E-state index in [1.54, 1.807) is 14.2 Å². The lowest BCUT2D eigenvalue weighted by Gasteiger charge is -2.10. The van der Waals surface area contributed by atoms with Gasteiger partial charge in [-0.15, -0.1) is 5.10 Å². The highest BCUT2D eigenvalue weighted by Crippen LogP contribution is 2.25. The van der Waals surface area contributed by atoms with Gasteiger partial charge in [-0.2, -0.15) is 4.52 Å². The molecule has 0 saturated heterocycles. The van der Waals surface area contributed by atoms with Gasteiger partial charge in [0.05, 0.1) is 14.2 Å². The van der Waals surface area contributed by atoms with E-state index in [-0.39, 0.29) is 5.56 Å². The molecule has 0 amide bonds. The summed E-state index contributed by atoms with van der Waals surface area (Å²) in [6.07, 6.45) is 3.23. The van der Waals surface area contributed by atoms with Crippen LogP contribution in [0.1, 0.15) is 12.0 Å². The zero-order valence-corrected chi connectivity index (χ0v) is 14.3. The van der Waals surface area contributed by atoms with Crippen LogP contribution in [-0.4, -0.2) is 35.4 Å². The number of hydrogen-bond acceptors (Lipinski definition) is 7. The first kappa shape index (κ1) is 16.3. The predicted molar refractivity (Wildman–Crippen MR) is 93.5 cm³/mol. The van der Waals surface area contributed by atoms with Crippen molar-refractivity contribution in [3.8, 4) is 11.5 Å². The topological polar surface area (TPSA) is 77.8 Å². The number of nitrogens with one attached hydrogen (secondary N) is 1. The molecule has 0 aliphatic carbocycles. The lowest BCUT2D eigenvalue weighted by atomic mass is 10.1. The summed E-state index contributed by atoms with van der Waals surface area (Å²) in [4.78, 5) is 16.4. The first-order valence-electron chi connectivity index (χ1n) is 7.51. The molecule has 0 fully saturated rings. The van der Waals surface area contributed by atoms with Gasteiger partial charge in [0.1, 0.15) is 11.5 Å². The molecule has 0 aliphatic heterocycles. The van der Waals surface area contributed by atoms with E-state index < -0.39 is 0 Å². The third kappa shape index (κ3) is 3.48. The number of nitrogens with zero attached hydrogens (tertiary/aromatic N) is 3. The van der Waals surface area contributed by atoms with E-state index in [0.717, 1.165) is 36.4 Å². The van der Waals surface area contributed by atoms with Crippen LogP contribution in [0.2, 0.25) is 0 Å². The van der Waals surface area contributed by atoms with Crippen molar-refractivity contribution >= 4 is 21.4 Å². The minimum absolute atomic E-state index is 0.176. The second-order valence-electron chi connectivity index (χ2n) is 5.09. The first-order chi connectivity index (χ1) is 11.7. The van der Waals surface area contributed by atoms with Gasteiger partial charge in [0.15, 0.2) is 0 Å². The Morgan fingerprint density at radius 3 is 2.88 bits per heavy atom. The molecule has 2 aromatic heterocycles. The predicted octanol–water partition coefficient (Wildman–Crippen LogP) is 2.21. The van der Waals surface area contributed by atoms with Gasteiger partial charge in [-0.1, -0.05) is 11.3 Å². The van der Waals surface area contributed by atoms with Crippen molar-refractivity contribution < 1.29 is 9.47 Å². The molecule has 24 heavy (non-hydrogen) atoms. The molecule has 0 aliphatic rings. The zero-order valence-electron chi connectivity index (χ0n) is 13.5. The van der Waals surface area contributed by atoms with Crippen LogP contribution in [0, 0.1) is 0 Å². The van der Waals surface area contributed by atoms with Crippen molar-refractivity contribution in [1.82, 2.24) is 14.6 Å². The molecule has 0 spiro atoms. The molecule has 7 nitrogen and oxygen atoms in total. The van der Waals surface area contributed by atoms with Gasteiger partial charge < -0.3 is 14.8 Å². The third-order valence-electron chi connectivity index (χ3n) is 3.56. The quantitative estimate of drug-likeness (QED) is 0.661. The standard InChI is InChI=1S/C16H18N4O3S/c1-22-12-5-6-13(23-2)11(10-12)4-3-8-17-15-19-20-14(21)7-9-18-16(20)24-15/h5-7,9-10H,3-4,8H2,1-2H3,(H,17,19). The number of methoxy groups -OCH3 is 2. The molecule has 1 N–H and O–H groups in total. The number of fused-ring (bicyclic) bond motifs is 1. The van der Waals surface area contributed by atoms with Crippen LogP contribution >= 0.6 is 11.3 Å². The maximum atomic E-state index is 11.7. The smallest absolute Gasteiger partial charge is 0.275 e. The minimum Gasteiger partial charge on any atom is -0.497 e. The minimum atomic E-state index is -0.176. The summed E-state index contributed by atoms with van der Waals surface area (Å²) in [6, 6.07) is 7.17. The van der Waals surface area contributed by atoms with Gasteiger partial charge in [0, 0.05) is 18.8 Å². The van der Waals surface area contributed by atoms with Crippen LogP contribution in [0.3, 0.4) is 0 Å². The maximum Gasteiger partial charge on any atom is 0.275 e. The second-order valence-corrected chi connectivity index (χ2v) is 6.05. The van der Waals surface area contributed by atoms with Crippen molar-refractivity contribution in [3.05, 3.63) is 46.4 Å². The van der Waals surface area contributed by atoms with E-state index >= 15 is 0 Å². The molecule has 8 heteroatoms. The SMILES string of the molecule is COc1ccc(OC)c(CCCNc2nn3c(=O)ccnc3s2)c1. The number of aromatic nitrogens is 3. The Kier molecular flexibility index (Phi) is 4.95. The maximum absolute atomic E-state index is 11.7. The van der Waals surface area contributed by atoms with Gasteiger partial charge >= 0.3 is 0 Å². The van der Waals surface area contributed by atoms with Crippen molar-refractivity contribution in [3.63, 3.8) is 0 Å². The van der Waals surface area contributed by atoms with E-state index in [1.807, 2.05) is 18.2 Å². The average Bonchev–Trinajstić information content (AvgIpc) is 3.03. The van der Waals surface area contributed by atoms with Crippen molar-refractivity contribution in [2.75, 3.05) is 26.1 Å². The van der Waals surface area contributed by atoms with Crippen molar-refractivity contribution in [2.45, 2.75) is 12.8 Å². The molecule has 3 rings (SSSR count). The Balaban J connectivity index is 1.60. The number of benzene rings is 1. The van der Waals surface area contributed by atoms with Crippen LogP contribution in [0.15, 0.2) is 35.3 Å². The van der Waals surface area contributed by atoms with E-state index in [9.17, 15) is 4.79 Å². The average molecular weight is 346 g/mol. The van der Waals surface area contributed by atoms with Crippen molar-refractivity contribution in [1.29, 1.82) is 0 Å². The Morgan fingerprint density at radius 1 is 1.25 bits per heavy atom. The van der Waals surface area contributed by atoms with Crippen LogP contribution < -0.4 is 20.3 Å². The van der Waals surface area contributed by atoms with E-state index in [2.05, 4.69) is 15.4 Å². The number of ether oxygens (including phenoxy) is 2. The van der Waals surface area contributed by atoms with E-state index in [0.29, 0.717) is 10.1 Å². The molecule has 0 radical (unpaired) electrons. The van der Waals surface area contributed by atoms with Gasteiger partial charge in [0.2, 0.25) is 10.1 Å². The summed E-state index contributed by atoms with van der Waals surface area (Å²) in [5.74, 6) is 1.67. The van der Waals surface area contributed by atoms with Gasteiger partial charge in [-0.05, 0) is 36.6 Å². The Bertz CT molecular complexity index is 890. The highest BCUT2D eigenvalue weighted by Gasteiger charge is 2.07. The lowest BCUT2D eigenvalue weighted by molar-refractivity contribution is 0.398. The van der Waals surface area contributed by atoms with Crippen LogP contribution in [-0.2, 0) is 6.42 Å². The first-order valence-corrected chi connectivity index (χ1v) is 8.32. The van der Waals surface area contributed by atoms with E-state index in [4.69, 9.17) is 9.47 Å². The fourth-order valence-electron chi connectivity index (χ4n) is 2.37.